The fourth-order valence-electron chi connectivity index (χ4n) is 2.67. The molecule has 0 aromatic heterocycles. The van der Waals surface area contributed by atoms with Crippen molar-refractivity contribution >= 4 is 17.5 Å². The first-order chi connectivity index (χ1) is 12.4. The van der Waals surface area contributed by atoms with Gasteiger partial charge in [-0.05, 0) is 54.8 Å². The van der Waals surface area contributed by atoms with Gasteiger partial charge in [0, 0.05) is 30.9 Å². The molecular formula is C21H24N2O3. The van der Waals surface area contributed by atoms with Crippen LogP contribution in [0.25, 0.3) is 0 Å². The van der Waals surface area contributed by atoms with Crippen molar-refractivity contribution in [1.82, 2.24) is 4.90 Å². The maximum Gasteiger partial charge on any atom is 0.255 e. The Labute approximate surface area is 154 Å². The largest absolute Gasteiger partial charge is 0.496 e. The van der Waals surface area contributed by atoms with Crippen molar-refractivity contribution in [2.75, 3.05) is 26.5 Å². The topological polar surface area (TPSA) is 58.6 Å². The van der Waals surface area contributed by atoms with Gasteiger partial charge in [0.25, 0.3) is 11.8 Å². The molecule has 2 aromatic rings. The van der Waals surface area contributed by atoms with Gasteiger partial charge in [-0.2, -0.15) is 0 Å². The van der Waals surface area contributed by atoms with Gasteiger partial charge in [0.2, 0.25) is 0 Å². The van der Waals surface area contributed by atoms with E-state index in [2.05, 4.69) is 11.9 Å². The van der Waals surface area contributed by atoms with Crippen molar-refractivity contribution in [1.29, 1.82) is 0 Å². The van der Waals surface area contributed by atoms with E-state index in [1.54, 1.807) is 63.7 Å². The van der Waals surface area contributed by atoms with Crippen molar-refractivity contribution in [3.05, 3.63) is 71.3 Å². The number of hydrogen-bond donors (Lipinski definition) is 1. The van der Waals surface area contributed by atoms with Crippen molar-refractivity contribution < 1.29 is 14.3 Å². The van der Waals surface area contributed by atoms with Gasteiger partial charge in [-0.3, -0.25) is 9.59 Å². The van der Waals surface area contributed by atoms with Crippen LogP contribution in [0.15, 0.2) is 49.1 Å². The zero-order valence-corrected chi connectivity index (χ0v) is 15.6. The summed E-state index contributed by atoms with van der Waals surface area (Å²) in [5.74, 6) is 0.378. The fourth-order valence-corrected chi connectivity index (χ4v) is 2.67. The number of nitrogens with zero attached hydrogens (tertiary/aromatic N) is 1. The Balaban J connectivity index is 2.30. The van der Waals surface area contributed by atoms with Gasteiger partial charge < -0.3 is 15.0 Å². The van der Waals surface area contributed by atoms with Gasteiger partial charge in [0.05, 0.1) is 7.11 Å². The van der Waals surface area contributed by atoms with Gasteiger partial charge >= 0.3 is 0 Å². The van der Waals surface area contributed by atoms with Crippen LogP contribution in [0.4, 0.5) is 5.69 Å². The summed E-state index contributed by atoms with van der Waals surface area (Å²) in [5.41, 5.74) is 3.33. The number of amides is 2. The minimum absolute atomic E-state index is 0.101. The molecule has 136 valence electrons. The van der Waals surface area contributed by atoms with Crippen LogP contribution in [0.5, 0.6) is 5.75 Å². The number of ether oxygens (including phenoxy) is 1. The molecule has 2 rings (SSSR count). The van der Waals surface area contributed by atoms with E-state index in [-0.39, 0.29) is 11.8 Å². The van der Waals surface area contributed by atoms with Crippen LogP contribution in [0, 0.1) is 6.92 Å². The first kappa shape index (κ1) is 19.2. The molecule has 2 aromatic carbocycles. The lowest BCUT2D eigenvalue weighted by atomic mass is 10.0. The SMILES string of the molecule is C=CCc1cc(C(=O)Nc2cccc(C(=O)N(C)C)c2C)ccc1OC. The van der Waals surface area contributed by atoms with Crippen LogP contribution in [0.3, 0.4) is 0 Å². The molecule has 0 fully saturated rings. The van der Waals surface area contributed by atoms with E-state index < -0.39 is 0 Å². The molecule has 5 nitrogen and oxygen atoms in total. The molecule has 0 aliphatic rings. The van der Waals surface area contributed by atoms with Crippen LogP contribution in [-0.2, 0) is 6.42 Å². The van der Waals surface area contributed by atoms with E-state index in [1.165, 1.54) is 4.90 Å². The molecule has 1 N–H and O–H groups in total. The third kappa shape index (κ3) is 4.11. The fraction of sp³-hybridized carbons (Fsp3) is 0.238. The maximum atomic E-state index is 12.7. The highest BCUT2D eigenvalue weighted by atomic mass is 16.5. The summed E-state index contributed by atoms with van der Waals surface area (Å²) >= 11 is 0. The van der Waals surface area contributed by atoms with E-state index in [0.29, 0.717) is 23.2 Å². The minimum atomic E-state index is -0.240. The Morgan fingerprint density at radius 1 is 1.23 bits per heavy atom. The van der Waals surface area contributed by atoms with Crippen molar-refractivity contribution in [2.24, 2.45) is 0 Å². The standard InChI is InChI=1S/C21H24N2O3/c1-6-8-15-13-16(11-12-19(15)26-5)20(24)22-18-10-7-9-17(14(18)2)21(25)23(3)4/h6-7,9-13H,1,8H2,2-5H3,(H,22,24). The summed E-state index contributed by atoms with van der Waals surface area (Å²) in [4.78, 5) is 26.4. The van der Waals surface area contributed by atoms with E-state index >= 15 is 0 Å². The Morgan fingerprint density at radius 3 is 2.58 bits per heavy atom. The highest BCUT2D eigenvalue weighted by Gasteiger charge is 2.16. The number of carbonyl (C=O) groups is 2. The Hall–Kier alpha value is -3.08. The minimum Gasteiger partial charge on any atom is -0.496 e. The van der Waals surface area contributed by atoms with E-state index in [1.807, 2.05) is 6.92 Å². The lowest BCUT2D eigenvalue weighted by molar-refractivity contribution is 0.0826. The average molecular weight is 352 g/mol. The molecule has 26 heavy (non-hydrogen) atoms. The number of carbonyl (C=O) groups excluding carboxylic acids is 2. The predicted molar refractivity (Wildman–Crippen MR) is 104 cm³/mol. The van der Waals surface area contributed by atoms with E-state index in [9.17, 15) is 9.59 Å². The molecule has 0 radical (unpaired) electrons. The van der Waals surface area contributed by atoms with Gasteiger partial charge in [-0.25, -0.2) is 0 Å². The van der Waals surface area contributed by atoms with Crippen LogP contribution in [-0.4, -0.2) is 37.9 Å². The van der Waals surface area contributed by atoms with Crippen LogP contribution in [0.1, 0.15) is 31.8 Å². The van der Waals surface area contributed by atoms with Crippen molar-refractivity contribution in [3.63, 3.8) is 0 Å². The smallest absolute Gasteiger partial charge is 0.255 e. The third-order valence-corrected chi connectivity index (χ3v) is 4.13. The lowest BCUT2D eigenvalue weighted by Crippen LogP contribution is -2.23. The molecule has 0 atom stereocenters. The average Bonchev–Trinajstić information content (AvgIpc) is 2.63. The summed E-state index contributed by atoms with van der Waals surface area (Å²) in [7, 11) is 5.00. The number of anilines is 1. The van der Waals surface area contributed by atoms with Crippen molar-refractivity contribution in [2.45, 2.75) is 13.3 Å². The summed E-state index contributed by atoms with van der Waals surface area (Å²) in [6.45, 7) is 5.56. The van der Waals surface area contributed by atoms with E-state index in [4.69, 9.17) is 4.74 Å². The third-order valence-electron chi connectivity index (χ3n) is 4.13. The lowest BCUT2D eigenvalue weighted by Gasteiger charge is -2.16. The molecule has 0 unspecified atom stereocenters. The molecule has 0 bridgehead atoms. The number of benzene rings is 2. The summed E-state index contributed by atoms with van der Waals surface area (Å²) in [5, 5.41) is 2.89. The zero-order valence-electron chi connectivity index (χ0n) is 15.6. The van der Waals surface area contributed by atoms with E-state index in [0.717, 1.165) is 16.9 Å². The molecule has 2 amide bonds. The normalized spacial score (nSPS) is 10.2. The van der Waals surface area contributed by atoms with Gasteiger partial charge in [0.15, 0.2) is 0 Å². The summed E-state index contributed by atoms with van der Waals surface area (Å²) in [6.07, 6.45) is 2.37. The van der Waals surface area contributed by atoms with Crippen LogP contribution < -0.4 is 10.1 Å². The monoisotopic (exact) mass is 352 g/mol. The first-order valence-corrected chi connectivity index (χ1v) is 8.29. The molecule has 0 saturated heterocycles. The number of hydrogen-bond acceptors (Lipinski definition) is 3. The number of methoxy groups -OCH3 is 1. The Morgan fingerprint density at radius 2 is 1.96 bits per heavy atom. The molecule has 0 aliphatic carbocycles. The molecular weight excluding hydrogens is 328 g/mol. The van der Waals surface area contributed by atoms with Gasteiger partial charge in [0.1, 0.15) is 5.75 Å². The summed E-state index contributed by atoms with van der Waals surface area (Å²) in [6, 6.07) is 10.6. The summed E-state index contributed by atoms with van der Waals surface area (Å²) < 4.78 is 5.31. The van der Waals surface area contributed by atoms with Crippen molar-refractivity contribution in [3.8, 4) is 5.75 Å². The molecule has 0 saturated carbocycles. The van der Waals surface area contributed by atoms with Gasteiger partial charge in [-0.15, -0.1) is 6.58 Å². The second-order valence-electron chi connectivity index (χ2n) is 6.15. The second-order valence-corrected chi connectivity index (χ2v) is 6.15. The maximum absolute atomic E-state index is 12.7. The highest BCUT2D eigenvalue weighted by Crippen LogP contribution is 2.23. The first-order valence-electron chi connectivity index (χ1n) is 8.29. The van der Waals surface area contributed by atoms with Crippen LogP contribution in [0.2, 0.25) is 0 Å². The zero-order chi connectivity index (χ0) is 19.3. The highest BCUT2D eigenvalue weighted by molar-refractivity contribution is 6.06. The molecule has 5 heteroatoms. The Kier molecular flexibility index (Phi) is 6.17. The number of allylic oxidation sites excluding steroid dienone is 1. The molecule has 0 aliphatic heterocycles. The Bertz CT molecular complexity index is 841. The number of rotatable bonds is 6. The van der Waals surface area contributed by atoms with Gasteiger partial charge in [-0.1, -0.05) is 12.1 Å². The molecule has 0 spiro atoms. The predicted octanol–water partition coefficient (Wildman–Crippen LogP) is 3.69. The quantitative estimate of drug-likeness (QED) is 0.807. The second kappa shape index (κ2) is 8.34. The molecule has 0 heterocycles. The number of nitrogens with one attached hydrogen (secondary N) is 1. The van der Waals surface area contributed by atoms with Crippen LogP contribution >= 0.6 is 0 Å².